The van der Waals surface area contributed by atoms with E-state index in [-0.39, 0.29) is 0 Å². The summed E-state index contributed by atoms with van der Waals surface area (Å²) in [5.74, 6) is 0. The second-order valence-electron chi connectivity index (χ2n) is 5.32. The van der Waals surface area contributed by atoms with E-state index in [1.165, 1.54) is 12.1 Å². The maximum absolute atomic E-state index is 10.9. The molecule has 1 saturated heterocycles. The van der Waals surface area contributed by atoms with Crippen LogP contribution < -0.4 is 4.90 Å². The number of likely N-dealkylation sites (N-methyl/N-ethyl adjacent to an activating group) is 1. The van der Waals surface area contributed by atoms with Crippen molar-refractivity contribution in [2.24, 2.45) is 0 Å². The molecule has 0 saturated carbocycles. The highest BCUT2D eigenvalue weighted by Gasteiger charge is 2.20. The largest absolute Gasteiger partial charge is 0.367 e. The maximum Gasteiger partial charge on any atom is 0.150 e. The van der Waals surface area contributed by atoms with Gasteiger partial charge in [-0.15, -0.1) is 0 Å². The number of carbonyl (C=O) groups excluding carboxylic acids is 1. The minimum atomic E-state index is 0.513. The van der Waals surface area contributed by atoms with Crippen molar-refractivity contribution in [1.82, 2.24) is 4.90 Å². The third-order valence-electron chi connectivity index (χ3n) is 3.76. The average Bonchev–Trinajstić information content (AvgIpc) is 2.50. The molecule has 0 amide bonds. The van der Waals surface area contributed by atoms with Gasteiger partial charge in [-0.3, -0.25) is 4.79 Å². The quantitative estimate of drug-likeness (QED) is 0.748. The minimum Gasteiger partial charge on any atom is -0.367 e. The van der Waals surface area contributed by atoms with Gasteiger partial charge in [-0.2, -0.15) is 0 Å². The zero-order valence-electron chi connectivity index (χ0n) is 11.5. The number of hydrogen-bond acceptors (Lipinski definition) is 3. The lowest BCUT2D eigenvalue weighted by Gasteiger charge is -2.30. The van der Waals surface area contributed by atoms with Crippen molar-refractivity contribution in [3.63, 3.8) is 0 Å². The van der Waals surface area contributed by atoms with Crippen molar-refractivity contribution >= 4 is 12.0 Å². The third-order valence-corrected chi connectivity index (χ3v) is 3.76. The van der Waals surface area contributed by atoms with E-state index < -0.39 is 0 Å². The smallest absolute Gasteiger partial charge is 0.150 e. The second kappa shape index (κ2) is 5.53. The summed E-state index contributed by atoms with van der Waals surface area (Å²) in [5.41, 5.74) is 3.09. The van der Waals surface area contributed by atoms with Crippen molar-refractivity contribution in [3.05, 3.63) is 29.3 Å². The summed E-state index contributed by atoms with van der Waals surface area (Å²) in [7, 11) is 2.18. The fourth-order valence-electron chi connectivity index (χ4n) is 2.73. The second-order valence-corrected chi connectivity index (χ2v) is 5.32. The van der Waals surface area contributed by atoms with E-state index in [0.29, 0.717) is 6.04 Å². The molecule has 1 unspecified atom stereocenters. The number of carbonyl (C=O) groups is 1. The first kappa shape index (κ1) is 13.1. The zero-order valence-corrected chi connectivity index (χ0v) is 11.5. The molecular weight excluding hydrogens is 224 g/mol. The molecule has 2 rings (SSSR count). The van der Waals surface area contributed by atoms with Crippen molar-refractivity contribution in [2.45, 2.75) is 26.3 Å². The summed E-state index contributed by atoms with van der Waals surface area (Å²) in [4.78, 5) is 15.7. The Bertz CT molecular complexity index is 431. The van der Waals surface area contributed by atoms with Crippen LogP contribution in [0.4, 0.5) is 5.69 Å². The van der Waals surface area contributed by atoms with Crippen LogP contribution in [0.25, 0.3) is 0 Å². The van der Waals surface area contributed by atoms with Gasteiger partial charge in [0.2, 0.25) is 0 Å². The van der Waals surface area contributed by atoms with Crippen LogP contribution in [-0.4, -0.2) is 43.9 Å². The first-order valence-electron chi connectivity index (χ1n) is 6.63. The Morgan fingerprint density at radius 2 is 2.11 bits per heavy atom. The number of aryl methyl sites for hydroxylation is 1. The van der Waals surface area contributed by atoms with Gasteiger partial charge >= 0.3 is 0 Å². The molecule has 0 aromatic heterocycles. The Labute approximate surface area is 109 Å². The molecule has 0 bridgehead atoms. The number of benzene rings is 1. The predicted octanol–water partition coefficient (Wildman–Crippen LogP) is 2.34. The number of aldehydes is 1. The summed E-state index contributed by atoms with van der Waals surface area (Å²) in [6.07, 6.45) is 2.12. The predicted molar refractivity (Wildman–Crippen MR) is 75.5 cm³/mol. The Balaban J connectivity index is 2.24. The summed E-state index contributed by atoms with van der Waals surface area (Å²) in [5, 5.41) is 0. The molecule has 18 heavy (non-hydrogen) atoms. The number of nitrogens with zero attached hydrogens (tertiary/aromatic N) is 2. The molecule has 0 N–H and O–H groups in total. The molecule has 1 heterocycles. The topological polar surface area (TPSA) is 23.6 Å². The molecule has 1 aliphatic rings. The summed E-state index contributed by atoms with van der Waals surface area (Å²) in [6, 6.07) is 6.64. The van der Waals surface area contributed by atoms with Crippen LogP contribution in [0, 0.1) is 6.92 Å². The number of anilines is 1. The van der Waals surface area contributed by atoms with Gasteiger partial charge in [-0.25, -0.2) is 0 Å². The van der Waals surface area contributed by atoms with Gasteiger partial charge in [0.05, 0.1) is 0 Å². The van der Waals surface area contributed by atoms with Crippen LogP contribution in [0.3, 0.4) is 0 Å². The molecule has 1 fully saturated rings. The summed E-state index contributed by atoms with van der Waals surface area (Å²) >= 11 is 0. The summed E-state index contributed by atoms with van der Waals surface area (Å²) in [6.45, 7) is 7.61. The molecule has 3 nitrogen and oxygen atoms in total. The number of rotatable bonds is 2. The lowest BCUT2D eigenvalue weighted by molar-refractivity contribution is 0.112. The van der Waals surface area contributed by atoms with Gasteiger partial charge in [0, 0.05) is 30.4 Å². The zero-order chi connectivity index (χ0) is 13.1. The molecule has 1 aliphatic heterocycles. The first-order valence-corrected chi connectivity index (χ1v) is 6.63. The van der Waals surface area contributed by atoms with Crippen molar-refractivity contribution in [2.75, 3.05) is 31.6 Å². The molecule has 0 spiro atoms. The van der Waals surface area contributed by atoms with E-state index in [1.54, 1.807) is 0 Å². The minimum absolute atomic E-state index is 0.513. The standard InChI is InChI=1S/C15H22N2O/c1-12-9-15(6-5-14(12)11-18)17-8-4-7-16(3)10-13(17)2/h5-6,9,11,13H,4,7-8,10H2,1-3H3. The molecular formula is C15H22N2O. The lowest BCUT2D eigenvalue weighted by atomic mass is 10.1. The molecule has 3 heteroatoms. The number of hydrogen-bond donors (Lipinski definition) is 0. The molecule has 98 valence electrons. The molecule has 1 atom stereocenters. The van der Waals surface area contributed by atoms with Crippen LogP contribution in [0.1, 0.15) is 29.3 Å². The molecule has 1 aromatic carbocycles. The fourth-order valence-corrected chi connectivity index (χ4v) is 2.73. The monoisotopic (exact) mass is 246 g/mol. The normalized spacial score (nSPS) is 21.7. The van der Waals surface area contributed by atoms with Gasteiger partial charge in [0.25, 0.3) is 0 Å². The van der Waals surface area contributed by atoms with Crippen LogP contribution in [0.15, 0.2) is 18.2 Å². The van der Waals surface area contributed by atoms with Gasteiger partial charge < -0.3 is 9.80 Å². The Kier molecular flexibility index (Phi) is 4.02. The third kappa shape index (κ3) is 2.72. The molecule has 0 radical (unpaired) electrons. The Morgan fingerprint density at radius 3 is 2.78 bits per heavy atom. The van der Waals surface area contributed by atoms with Crippen LogP contribution >= 0.6 is 0 Å². The lowest BCUT2D eigenvalue weighted by Crippen LogP contribution is -2.37. The van der Waals surface area contributed by atoms with E-state index >= 15 is 0 Å². The Morgan fingerprint density at radius 1 is 1.33 bits per heavy atom. The first-order chi connectivity index (χ1) is 8.61. The SMILES string of the molecule is Cc1cc(N2CCCN(C)CC2C)ccc1C=O. The highest BCUT2D eigenvalue weighted by molar-refractivity contribution is 5.78. The fraction of sp³-hybridized carbons (Fsp3) is 0.533. The van der Waals surface area contributed by atoms with Gasteiger partial charge in [0.15, 0.2) is 0 Å². The van der Waals surface area contributed by atoms with Gasteiger partial charge in [0.1, 0.15) is 6.29 Å². The van der Waals surface area contributed by atoms with Gasteiger partial charge in [-0.05, 0) is 57.6 Å². The van der Waals surface area contributed by atoms with Crippen molar-refractivity contribution < 1.29 is 4.79 Å². The Hall–Kier alpha value is -1.35. The van der Waals surface area contributed by atoms with E-state index in [9.17, 15) is 4.79 Å². The van der Waals surface area contributed by atoms with Crippen LogP contribution in [0.2, 0.25) is 0 Å². The molecule has 1 aromatic rings. The average molecular weight is 246 g/mol. The van der Waals surface area contributed by atoms with E-state index in [4.69, 9.17) is 0 Å². The van der Waals surface area contributed by atoms with E-state index in [1.807, 2.05) is 13.0 Å². The van der Waals surface area contributed by atoms with Gasteiger partial charge in [-0.1, -0.05) is 0 Å². The summed E-state index contributed by atoms with van der Waals surface area (Å²) < 4.78 is 0. The van der Waals surface area contributed by atoms with E-state index in [2.05, 4.69) is 35.9 Å². The van der Waals surface area contributed by atoms with E-state index in [0.717, 1.165) is 37.0 Å². The highest BCUT2D eigenvalue weighted by atomic mass is 16.1. The van der Waals surface area contributed by atoms with Crippen LogP contribution in [0.5, 0.6) is 0 Å². The maximum atomic E-state index is 10.9. The van der Waals surface area contributed by atoms with Crippen molar-refractivity contribution in [3.8, 4) is 0 Å². The molecule has 0 aliphatic carbocycles. The van der Waals surface area contributed by atoms with Crippen LogP contribution in [-0.2, 0) is 0 Å². The highest BCUT2D eigenvalue weighted by Crippen LogP contribution is 2.22. The van der Waals surface area contributed by atoms with Crippen molar-refractivity contribution in [1.29, 1.82) is 0 Å².